The highest BCUT2D eigenvalue weighted by atomic mass is 19.1. The van der Waals surface area contributed by atoms with Gasteiger partial charge in [-0.3, -0.25) is 4.79 Å². The van der Waals surface area contributed by atoms with Gasteiger partial charge in [0.25, 0.3) is 0 Å². The molecule has 0 fully saturated rings. The zero-order valence-electron chi connectivity index (χ0n) is 9.58. The van der Waals surface area contributed by atoms with Crippen molar-refractivity contribution < 1.29 is 9.18 Å². The maximum Gasteiger partial charge on any atom is 0.143 e. The van der Waals surface area contributed by atoms with Crippen molar-refractivity contribution >= 4 is 11.9 Å². The van der Waals surface area contributed by atoms with Gasteiger partial charge in [-0.15, -0.1) is 0 Å². The maximum absolute atomic E-state index is 12.8. The summed E-state index contributed by atoms with van der Waals surface area (Å²) in [4.78, 5) is 10.5. The van der Waals surface area contributed by atoms with Gasteiger partial charge < -0.3 is 0 Å². The lowest BCUT2D eigenvalue weighted by atomic mass is 9.99. The Labute approximate surface area is 96.0 Å². The fourth-order valence-electron chi connectivity index (χ4n) is 1.64. The van der Waals surface area contributed by atoms with Crippen LogP contribution in [-0.4, -0.2) is 6.29 Å². The quantitative estimate of drug-likeness (QED) is 0.402. The molecule has 0 aliphatic rings. The van der Waals surface area contributed by atoms with Crippen LogP contribution in [0.15, 0.2) is 30.3 Å². The molecule has 0 atom stereocenters. The van der Waals surface area contributed by atoms with Gasteiger partial charge in [-0.05, 0) is 42.2 Å². The molecule has 86 valence electrons. The number of carbonyl (C=O) groups excluding carboxylic acids is 1. The van der Waals surface area contributed by atoms with E-state index in [0.717, 1.165) is 43.1 Å². The lowest BCUT2D eigenvalue weighted by molar-refractivity contribution is -0.104. The second kappa shape index (κ2) is 6.94. The molecular formula is C14H17FO. The summed E-state index contributed by atoms with van der Waals surface area (Å²) in [6.07, 6.45) is 6.61. The van der Waals surface area contributed by atoms with Gasteiger partial charge in [-0.25, -0.2) is 4.39 Å². The molecule has 1 nitrogen and oxygen atoms in total. The summed E-state index contributed by atoms with van der Waals surface area (Å²) in [6.45, 7) is 2.14. The highest BCUT2D eigenvalue weighted by Crippen LogP contribution is 2.21. The summed E-state index contributed by atoms with van der Waals surface area (Å²) in [5.41, 5.74) is 1.92. The molecule has 2 heteroatoms. The van der Waals surface area contributed by atoms with Crippen LogP contribution in [0.25, 0.3) is 5.57 Å². The molecular weight excluding hydrogens is 203 g/mol. The molecule has 1 rings (SSSR count). The molecule has 0 N–H and O–H groups in total. The number of hydrogen-bond acceptors (Lipinski definition) is 1. The molecule has 0 radical (unpaired) electrons. The largest absolute Gasteiger partial charge is 0.299 e. The highest BCUT2D eigenvalue weighted by molar-refractivity contribution is 5.81. The SMILES string of the molecule is CCCCCC(=CC=O)c1ccc(F)cc1. The minimum Gasteiger partial charge on any atom is -0.299 e. The Bertz CT molecular complexity index is 352. The first-order chi connectivity index (χ1) is 7.77. The van der Waals surface area contributed by atoms with Crippen LogP contribution in [0.2, 0.25) is 0 Å². The van der Waals surface area contributed by atoms with Gasteiger partial charge in [0.15, 0.2) is 0 Å². The standard InChI is InChI=1S/C14H17FO/c1-2-3-4-5-12(10-11-16)13-6-8-14(15)9-7-13/h6-11H,2-5H2,1H3. The normalized spacial score (nSPS) is 11.5. The van der Waals surface area contributed by atoms with Gasteiger partial charge in [-0.1, -0.05) is 31.9 Å². The third kappa shape index (κ3) is 3.97. The number of benzene rings is 1. The number of unbranched alkanes of at least 4 members (excludes halogenated alkanes) is 2. The predicted octanol–water partition coefficient (Wildman–Crippen LogP) is 3.99. The average Bonchev–Trinajstić information content (AvgIpc) is 2.29. The Morgan fingerprint density at radius 2 is 1.94 bits per heavy atom. The van der Waals surface area contributed by atoms with Crippen molar-refractivity contribution in [2.75, 3.05) is 0 Å². The lowest BCUT2D eigenvalue weighted by Gasteiger charge is -2.06. The van der Waals surface area contributed by atoms with Crippen molar-refractivity contribution in [1.29, 1.82) is 0 Å². The van der Waals surface area contributed by atoms with Crippen LogP contribution in [0, 0.1) is 5.82 Å². The first-order valence-corrected chi connectivity index (χ1v) is 5.68. The first kappa shape index (κ1) is 12.6. The Balaban J connectivity index is 2.73. The van der Waals surface area contributed by atoms with Crippen LogP contribution < -0.4 is 0 Å². The van der Waals surface area contributed by atoms with E-state index in [-0.39, 0.29) is 5.82 Å². The molecule has 0 heterocycles. The Hall–Kier alpha value is -1.44. The monoisotopic (exact) mass is 220 g/mol. The van der Waals surface area contributed by atoms with E-state index in [1.807, 2.05) is 0 Å². The van der Waals surface area contributed by atoms with E-state index in [1.54, 1.807) is 18.2 Å². The molecule has 0 aromatic heterocycles. The summed E-state index contributed by atoms with van der Waals surface area (Å²) in [5.74, 6) is -0.247. The first-order valence-electron chi connectivity index (χ1n) is 5.68. The summed E-state index contributed by atoms with van der Waals surface area (Å²) in [5, 5.41) is 0. The number of rotatable bonds is 6. The Morgan fingerprint density at radius 3 is 2.50 bits per heavy atom. The van der Waals surface area contributed by atoms with Crippen LogP contribution in [0.5, 0.6) is 0 Å². The summed E-state index contributed by atoms with van der Waals surface area (Å²) >= 11 is 0. The second-order valence-electron chi connectivity index (χ2n) is 3.79. The van der Waals surface area contributed by atoms with Crippen molar-refractivity contribution in [3.05, 3.63) is 41.7 Å². The zero-order valence-corrected chi connectivity index (χ0v) is 9.58. The molecule has 0 aliphatic carbocycles. The van der Waals surface area contributed by atoms with Gasteiger partial charge in [0.1, 0.15) is 12.1 Å². The molecule has 0 amide bonds. The van der Waals surface area contributed by atoms with Crippen LogP contribution in [0.3, 0.4) is 0 Å². The molecule has 0 unspecified atom stereocenters. The van der Waals surface area contributed by atoms with Crippen LogP contribution in [0.4, 0.5) is 4.39 Å². The number of halogens is 1. The molecule has 16 heavy (non-hydrogen) atoms. The summed E-state index contributed by atoms with van der Waals surface area (Å²) < 4.78 is 12.8. The van der Waals surface area contributed by atoms with E-state index in [0.29, 0.717) is 0 Å². The fourth-order valence-corrected chi connectivity index (χ4v) is 1.64. The second-order valence-corrected chi connectivity index (χ2v) is 3.79. The number of aldehydes is 1. The summed E-state index contributed by atoms with van der Waals surface area (Å²) in [7, 11) is 0. The average molecular weight is 220 g/mol. The van der Waals surface area contributed by atoms with Gasteiger partial charge >= 0.3 is 0 Å². The van der Waals surface area contributed by atoms with E-state index >= 15 is 0 Å². The van der Waals surface area contributed by atoms with Crippen molar-refractivity contribution in [1.82, 2.24) is 0 Å². The van der Waals surface area contributed by atoms with Crippen molar-refractivity contribution in [3.63, 3.8) is 0 Å². The molecule has 0 aliphatic heterocycles. The van der Waals surface area contributed by atoms with Crippen LogP contribution >= 0.6 is 0 Å². The number of hydrogen-bond donors (Lipinski definition) is 0. The predicted molar refractivity (Wildman–Crippen MR) is 64.6 cm³/mol. The summed E-state index contributed by atoms with van der Waals surface area (Å²) in [6, 6.07) is 6.29. The molecule has 0 saturated carbocycles. The topological polar surface area (TPSA) is 17.1 Å². The van der Waals surface area contributed by atoms with E-state index in [9.17, 15) is 9.18 Å². The molecule has 1 aromatic carbocycles. The van der Waals surface area contributed by atoms with Crippen LogP contribution in [0.1, 0.15) is 38.2 Å². The van der Waals surface area contributed by atoms with E-state index in [2.05, 4.69) is 6.92 Å². The maximum atomic E-state index is 12.8. The lowest BCUT2D eigenvalue weighted by Crippen LogP contribution is -1.87. The fraction of sp³-hybridized carbons (Fsp3) is 0.357. The van der Waals surface area contributed by atoms with Gasteiger partial charge in [0.05, 0.1) is 0 Å². The van der Waals surface area contributed by atoms with E-state index in [4.69, 9.17) is 0 Å². The van der Waals surface area contributed by atoms with Gasteiger partial charge in [0, 0.05) is 0 Å². The van der Waals surface area contributed by atoms with Gasteiger partial charge in [-0.2, -0.15) is 0 Å². The highest BCUT2D eigenvalue weighted by Gasteiger charge is 2.01. The minimum absolute atomic E-state index is 0.247. The molecule has 0 saturated heterocycles. The third-order valence-electron chi connectivity index (χ3n) is 2.53. The van der Waals surface area contributed by atoms with Crippen molar-refractivity contribution in [2.24, 2.45) is 0 Å². The minimum atomic E-state index is -0.247. The number of allylic oxidation sites excluding steroid dienone is 2. The van der Waals surface area contributed by atoms with Crippen molar-refractivity contribution in [3.8, 4) is 0 Å². The number of carbonyl (C=O) groups is 1. The smallest absolute Gasteiger partial charge is 0.143 e. The van der Waals surface area contributed by atoms with Gasteiger partial charge in [0.2, 0.25) is 0 Å². The van der Waals surface area contributed by atoms with Crippen LogP contribution in [-0.2, 0) is 4.79 Å². The molecule has 0 bridgehead atoms. The Kier molecular flexibility index (Phi) is 5.48. The molecule has 1 aromatic rings. The Morgan fingerprint density at radius 1 is 1.25 bits per heavy atom. The molecule has 0 spiro atoms. The van der Waals surface area contributed by atoms with E-state index in [1.165, 1.54) is 12.1 Å². The van der Waals surface area contributed by atoms with Crippen molar-refractivity contribution in [2.45, 2.75) is 32.6 Å². The van der Waals surface area contributed by atoms with E-state index < -0.39 is 0 Å². The zero-order chi connectivity index (χ0) is 11.8. The third-order valence-corrected chi connectivity index (χ3v) is 2.53.